The first-order valence-electron chi connectivity index (χ1n) is 18.7. The summed E-state index contributed by atoms with van der Waals surface area (Å²) in [6.45, 7) is 5.67. The van der Waals surface area contributed by atoms with Gasteiger partial charge in [-0.15, -0.1) is 18.2 Å². The summed E-state index contributed by atoms with van der Waals surface area (Å²) in [7, 11) is 0. The molecule has 0 radical (unpaired) electrons. The van der Waals surface area contributed by atoms with E-state index >= 15 is 0 Å². The Labute approximate surface area is 421 Å². The van der Waals surface area contributed by atoms with Gasteiger partial charge in [0, 0.05) is 13.2 Å². The summed E-state index contributed by atoms with van der Waals surface area (Å²) in [5.74, 6) is 0. The van der Waals surface area contributed by atoms with Gasteiger partial charge in [0.15, 0.2) is 0 Å². The van der Waals surface area contributed by atoms with Gasteiger partial charge in [-0.2, -0.15) is 0 Å². The van der Waals surface area contributed by atoms with Crippen LogP contribution in [0.15, 0.2) is 184 Å². The molecule has 0 aliphatic heterocycles. The summed E-state index contributed by atoms with van der Waals surface area (Å²) in [5, 5.41) is 6.65. The van der Waals surface area contributed by atoms with Gasteiger partial charge in [0.1, 0.15) is 0 Å². The summed E-state index contributed by atoms with van der Waals surface area (Å²) in [6, 6.07) is 35.1. The van der Waals surface area contributed by atoms with Crippen LogP contribution >= 0.6 is 0 Å². The van der Waals surface area contributed by atoms with Crippen molar-refractivity contribution in [3.05, 3.63) is 184 Å². The molecule has 0 atom stereocenters. The molecular formula is C46H40N12O2Zn4. The molecule has 304 valence electrons. The van der Waals surface area contributed by atoms with Gasteiger partial charge in [-0.25, -0.2) is 0 Å². The molecule has 12 aromatic rings. The molecule has 0 spiro atoms. The van der Waals surface area contributed by atoms with Crippen LogP contribution in [-0.2, 0) is 88.1 Å². The molecule has 12 rings (SSSR count). The smallest absolute Gasteiger partial charge is 2.00 e. The molecular weight excluding hydrogens is 1010 g/mol. The molecule has 18 heteroatoms. The van der Waals surface area contributed by atoms with E-state index in [1.165, 1.54) is 0 Å². The van der Waals surface area contributed by atoms with E-state index in [1.807, 2.05) is 123 Å². The fraction of sp³-hybridized carbons (Fsp3) is 0.0870. The zero-order valence-electron chi connectivity index (χ0n) is 35.7. The van der Waals surface area contributed by atoms with Gasteiger partial charge in [-0.05, 0) is 47.0 Å². The van der Waals surface area contributed by atoms with Crippen LogP contribution in [0, 0.1) is 0 Å². The van der Waals surface area contributed by atoms with Crippen molar-refractivity contribution in [1.82, 2.24) is 59.8 Å². The molecule has 12 aromatic heterocycles. The molecule has 0 N–H and O–H groups in total. The van der Waals surface area contributed by atoms with E-state index in [9.17, 15) is 0 Å². The zero-order chi connectivity index (χ0) is 40.7. The van der Waals surface area contributed by atoms with Crippen molar-refractivity contribution in [2.75, 3.05) is 13.2 Å². The molecule has 0 bridgehead atoms. The van der Waals surface area contributed by atoms with Crippen molar-refractivity contribution in [2.24, 2.45) is 0 Å². The van der Waals surface area contributed by atoms with Crippen LogP contribution in [0.2, 0.25) is 0 Å². The van der Waals surface area contributed by atoms with Crippen LogP contribution < -0.4 is 24.9 Å². The Balaban J connectivity index is 0.000000371. The third-order valence-corrected chi connectivity index (χ3v) is 8.01. The van der Waals surface area contributed by atoms with Gasteiger partial charge >= 0.3 is 77.9 Å². The first-order valence-corrected chi connectivity index (χ1v) is 18.7. The maximum absolute atomic E-state index is 4.83. The van der Waals surface area contributed by atoms with Crippen molar-refractivity contribution < 1.29 is 88.1 Å². The molecule has 0 aromatic carbocycles. The summed E-state index contributed by atoms with van der Waals surface area (Å²) in [5.41, 5.74) is 4.99. The largest absolute Gasteiger partial charge is 2.00 e. The molecule has 64 heavy (non-hydrogen) atoms. The number of nitrogens with zero attached hydrogens (tertiary/aromatic N) is 12. The predicted molar refractivity (Wildman–Crippen MR) is 233 cm³/mol. The molecule has 12 heterocycles. The average molecular weight is 1050 g/mol. The Bertz CT molecular complexity index is 2290. The third-order valence-electron chi connectivity index (χ3n) is 8.01. The minimum atomic E-state index is 0. The second-order valence-corrected chi connectivity index (χ2v) is 11.9. The van der Waals surface area contributed by atoms with Crippen molar-refractivity contribution in [2.45, 2.75) is 13.8 Å². The fourth-order valence-corrected chi connectivity index (χ4v) is 5.22. The molecule has 0 saturated heterocycles. The first-order chi connectivity index (χ1) is 29.2. The first kappa shape index (κ1) is 56.6. The zero-order valence-corrected chi connectivity index (χ0v) is 47.6. The number of hydrogen-bond donors (Lipinski definition) is 0. The van der Waals surface area contributed by atoms with Gasteiger partial charge in [-0.3, -0.25) is 0 Å². The SMILES string of the molecule is CCOCC.[O-2].[Zn+2].[Zn+2].[Zn+2].[Zn+2].c1cn[c-]2nccc2c1.c1cnc2[n-]ccc2c1.c1cnc2[n-]ccc2c1.c1cnc2[n-]ccc2c1.c1cnc2[n-]ccc2c1.c1cnc2[n-]ccc2c1. The third kappa shape index (κ3) is 18.0. The Hall–Kier alpha value is -5.45. The van der Waals surface area contributed by atoms with Crippen LogP contribution in [0.5, 0.6) is 0 Å². The van der Waals surface area contributed by atoms with Crippen molar-refractivity contribution >= 4 is 66.2 Å². The maximum atomic E-state index is 4.83. The minimum Gasteiger partial charge on any atom is -2.00 e. The van der Waals surface area contributed by atoms with E-state index < -0.39 is 0 Å². The van der Waals surface area contributed by atoms with E-state index in [0.29, 0.717) is 0 Å². The number of ether oxygens (including phenoxy) is 1. The minimum absolute atomic E-state index is 0. The monoisotopic (exact) mass is 1050 g/mol. The van der Waals surface area contributed by atoms with Crippen LogP contribution in [0.4, 0.5) is 0 Å². The molecule has 0 unspecified atom stereocenters. The summed E-state index contributed by atoms with van der Waals surface area (Å²) >= 11 is 0. The number of rotatable bonds is 2. The number of hydrogen-bond acceptors (Lipinski definition) is 8. The molecule has 0 saturated carbocycles. The standard InChI is InChI=1S/6C7H5N2.C4H10O.O.4Zn/c6*1-2-6-3-5-9-7(6)8-4-1;1-3-5-4-2;;;;;/h6*1-5H;3-4H2,1-2H3;;;;;/q6*-1;;-2;4*+2. The van der Waals surface area contributed by atoms with Crippen LogP contribution in [0.25, 0.3) is 66.2 Å². The summed E-state index contributed by atoms with van der Waals surface area (Å²) in [4.78, 5) is 48.2. The topological polar surface area (TPSA) is 198 Å². The van der Waals surface area contributed by atoms with Crippen LogP contribution in [0.1, 0.15) is 13.8 Å². The van der Waals surface area contributed by atoms with Gasteiger partial charge in [0.2, 0.25) is 0 Å². The van der Waals surface area contributed by atoms with Gasteiger partial charge in [-0.1, -0.05) is 193 Å². The average Bonchev–Trinajstić information content (AvgIpc) is 4.16. The summed E-state index contributed by atoms with van der Waals surface area (Å²) < 4.78 is 4.83. The van der Waals surface area contributed by atoms with Crippen molar-refractivity contribution in [1.29, 1.82) is 0 Å². The number of fused-ring (bicyclic) bond motifs is 6. The van der Waals surface area contributed by atoms with Gasteiger partial charge in [0.05, 0.1) is 5.65 Å². The van der Waals surface area contributed by atoms with E-state index in [-0.39, 0.29) is 83.4 Å². The molecule has 0 aliphatic carbocycles. The van der Waals surface area contributed by atoms with Crippen LogP contribution in [0.3, 0.4) is 0 Å². The second kappa shape index (κ2) is 32.2. The van der Waals surface area contributed by atoms with Gasteiger partial charge < -0.3 is 70.0 Å². The maximum Gasteiger partial charge on any atom is 2.00 e. The molecule has 0 amide bonds. The van der Waals surface area contributed by atoms with Crippen molar-refractivity contribution in [3.8, 4) is 0 Å². The Morgan fingerprint density at radius 2 is 0.656 bits per heavy atom. The van der Waals surface area contributed by atoms with E-state index in [4.69, 9.17) is 4.74 Å². The molecule has 0 fully saturated rings. The molecule has 0 aliphatic rings. The van der Waals surface area contributed by atoms with Crippen molar-refractivity contribution in [3.63, 3.8) is 0 Å². The Morgan fingerprint density at radius 3 is 0.906 bits per heavy atom. The van der Waals surface area contributed by atoms with Gasteiger partial charge in [0.25, 0.3) is 0 Å². The van der Waals surface area contributed by atoms with E-state index in [2.05, 4.69) is 59.8 Å². The Morgan fingerprint density at radius 1 is 0.375 bits per heavy atom. The normalized spacial score (nSPS) is 9.28. The Kier molecular flexibility index (Phi) is 28.5. The quantitative estimate of drug-likeness (QED) is 0.119. The van der Waals surface area contributed by atoms with Crippen LogP contribution in [-0.4, -0.2) is 48.1 Å². The van der Waals surface area contributed by atoms with E-state index in [1.54, 1.807) is 74.4 Å². The number of aromatic nitrogens is 12. The second-order valence-electron chi connectivity index (χ2n) is 11.9. The van der Waals surface area contributed by atoms with E-state index in [0.717, 1.165) is 79.4 Å². The predicted octanol–water partition coefficient (Wildman–Crippen LogP) is 8.22. The molecule has 14 nitrogen and oxygen atoms in total. The number of pyridine rings is 6. The summed E-state index contributed by atoms with van der Waals surface area (Å²) in [6.07, 6.45) is 21.0. The fourth-order valence-electron chi connectivity index (χ4n) is 5.22.